The van der Waals surface area contributed by atoms with Gasteiger partial charge in [0, 0.05) is 20.1 Å². The molecule has 0 aliphatic rings. The Morgan fingerprint density at radius 2 is 1.90 bits per heavy atom. The van der Waals surface area contributed by atoms with E-state index >= 15 is 0 Å². The molecule has 0 spiro atoms. The molecule has 20 heavy (non-hydrogen) atoms. The third-order valence-corrected chi connectivity index (χ3v) is 4.10. The molecule has 0 bridgehead atoms. The number of rotatable bonds is 4. The summed E-state index contributed by atoms with van der Waals surface area (Å²) in [4.78, 5) is 0. The lowest BCUT2D eigenvalue weighted by atomic mass is 10.0. The summed E-state index contributed by atoms with van der Waals surface area (Å²) in [5, 5.41) is 11.5. The minimum atomic E-state index is -0.855. The number of aliphatic hydroxyl groups is 1. The zero-order valence-electron chi connectivity index (χ0n) is 10.7. The highest BCUT2D eigenvalue weighted by Gasteiger charge is 2.17. The summed E-state index contributed by atoms with van der Waals surface area (Å²) in [6, 6.07) is 10.5. The maximum absolute atomic E-state index is 10.5. The van der Waals surface area contributed by atoms with E-state index in [0.717, 1.165) is 10.2 Å². The average Bonchev–Trinajstić information content (AvgIpc) is 2.41. The topological polar surface area (TPSA) is 29.5 Å². The molecule has 0 aliphatic carbocycles. The number of ether oxygens (including phenoxy) is 1. The van der Waals surface area contributed by atoms with E-state index in [-0.39, 0.29) is 0 Å². The Morgan fingerprint density at radius 3 is 2.55 bits per heavy atom. The summed E-state index contributed by atoms with van der Waals surface area (Å²) in [5.74, 6) is 0.743. The van der Waals surface area contributed by atoms with E-state index in [0.29, 0.717) is 27.8 Å². The van der Waals surface area contributed by atoms with Gasteiger partial charge in [-0.05, 0) is 42.8 Å². The quantitative estimate of drug-likeness (QED) is 0.792. The van der Waals surface area contributed by atoms with Gasteiger partial charge in [-0.15, -0.1) is 0 Å². The number of aliphatic hydroxyl groups excluding tert-OH is 1. The van der Waals surface area contributed by atoms with Gasteiger partial charge in [-0.3, -0.25) is 0 Å². The van der Waals surface area contributed by atoms with Gasteiger partial charge in [-0.2, -0.15) is 0 Å². The van der Waals surface area contributed by atoms with Crippen molar-refractivity contribution >= 4 is 39.1 Å². The third kappa shape index (κ3) is 3.47. The summed E-state index contributed by atoms with van der Waals surface area (Å²) in [6.07, 6.45) is -0.855. The van der Waals surface area contributed by atoms with E-state index < -0.39 is 6.10 Å². The van der Waals surface area contributed by atoms with Crippen LogP contribution in [0.4, 0.5) is 0 Å². The van der Waals surface area contributed by atoms with Crippen LogP contribution in [0.1, 0.15) is 24.2 Å². The molecule has 2 aromatic rings. The zero-order valence-corrected chi connectivity index (χ0v) is 13.8. The molecule has 0 aromatic heterocycles. The van der Waals surface area contributed by atoms with Crippen LogP contribution in [0.15, 0.2) is 40.9 Å². The van der Waals surface area contributed by atoms with Crippen LogP contribution >= 0.6 is 39.1 Å². The first-order valence-electron chi connectivity index (χ1n) is 6.08. The van der Waals surface area contributed by atoms with Crippen LogP contribution in [0.25, 0.3) is 0 Å². The standard InChI is InChI=1S/C15H13BrCl2O2/c1-2-20-10-4-5-11(13(16)8-10)15(19)12-7-9(17)3-6-14(12)18/h3-8,15,19H,2H2,1H3. The second-order valence-corrected chi connectivity index (χ2v) is 5.88. The van der Waals surface area contributed by atoms with Crippen LogP contribution in [0.2, 0.25) is 10.0 Å². The molecule has 2 aromatic carbocycles. The molecule has 5 heteroatoms. The van der Waals surface area contributed by atoms with Crippen molar-refractivity contribution in [2.75, 3.05) is 6.61 Å². The van der Waals surface area contributed by atoms with Gasteiger partial charge < -0.3 is 9.84 Å². The lowest BCUT2D eigenvalue weighted by Gasteiger charge is -2.16. The first kappa shape index (κ1) is 15.6. The summed E-state index contributed by atoms with van der Waals surface area (Å²) < 4.78 is 6.17. The van der Waals surface area contributed by atoms with E-state index in [1.54, 1.807) is 24.3 Å². The van der Waals surface area contributed by atoms with Gasteiger partial charge >= 0.3 is 0 Å². The molecule has 1 N–H and O–H groups in total. The van der Waals surface area contributed by atoms with Crippen LogP contribution in [-0.4, -0.2) is 11.7 Å². The van der Waals surface area contributed by atoms with Crippen LogP contribution < -0.4 is 4.74 Å². The van der Waals surface area contributed by atoms with Gasteiger partial charge in [0.15, 0.2) is 0 Å². The Balaban J connectivity index is 2.38. The first-order chi connectivity index (χ1) is 9.52. The Labute approximate surface area is 136 Å². The average molecular weight is 376 g/mol. The molecule has 0 heterocycles. The second-order valence-electron chi connectivity index (χ2n) is 4.18. The largest absolute Gasteiger partial charge is 0.494 e. The summed E-state index contributed by atoms with van der Waals surface area (Å²) in [5.41, 5.74) is 1.28. The van der Waals surface area contributed by atoms with Gasteiger partial charge in [-0.25, -0.2) is 0 Å². The molecule has 0 fully saturated rings. The monoisotopic (exact) mass is 374 g/mol. The smallest absolute Gasteiger partial charge is 0.120 e. The molecule has 0 amide bonds. The molecule has 0 aliphatic heterocycles. The Kier molecular flexibility index (Phi) is 5.33. The molecule has 1 atom stereocenters. The Hall–Kier alpha value is -0.740. The van der Waals surface area contributed by atoms with Crippen molar-refractivity contribution < 1.29 is 9.84 Å². The molecule has 2 rings (SSSR count). The highest BCUT2D eigenvalue weighted by Crippen LogP contribution is 2.35. The molecule has 0 radical (unpaired) electrons. The van der Waals surface area contributed by atoms with Crippen molar-refractivity contribution in [2.45, 2.75) is 13.0 Å². The molecule has 106 valence electrons. The van der Waals surface area contributed by atoms with Crippen LogP contribution in [-0.2, 0) is 0 Å². The van der Waals surface area contributed by atoms with Crippen LogP contribution in [0.5, 0.6) is 5.75 Å². The summed E-state index contributed by atoms with van der Waals surface area (Å²) >= 11 is 15.5. The van der Waals surface area contributed by atoms with Gasteiger partial charge in [0.05, 0.1) is 6.61 Å². The summed E-state index contributed by atoms with van der Waals surface area (Å²) in [7, 11) is 0. The first-order valence-corrected chi connectivity index (χ1v) is 7.63. The summed E-state index contributed by atoms with van der Waals surface area (Å²) in [6.45, 7) is 2.51. The van der Waals surface area contributed by atoms with Gasteiger partial charge in [0.2, 0.25) is 0 Å². The number of hydrogen-bond acceptors (Lipinski definition) is 2. The zero-order chi connectivity index (χ0) is 14.7. The van der Waals surface area contributed by atoms with Crippen molar-refractivity contribution in [1.82, 2.24) is 0 Å². The lowest BCUT2D eigenvalue weighted by Crippen LogP contribution is -2.02. The van der Waals surface area contributed by atoms with Crippen LogP contribution in [0, 0.1) is 0 Å². The third-order valence-electron chi connectivity index (χ3n) is 2.83. The van der Waals surface area contributed by atoms with Crippen molar-refractivity contribution in [3.05, 3.63) is 62.0 Å². The predicted molar refractivity (Wildman–Crippen MR) is 85.8 cm³/mol. The molecule has 1 unspecified atom stereocenters. The molecule has 0 saturated carbocycles. The fourth-order valence-corrected chi connectivity index (χ4v) is 2.85. The lowest BCUT2D eigenvalue weighted by molar-refractivity contribution is 0.219. The predicted octanol–water partition coefficient (Wildman–Crippen LogP) is 5.24. The van der Waals surface area contributed by atoms with E-state index in [9.17, 15) is 5.11 Å². The number of benzene rings is 2. The second kappa shape index (κ2) is 6.81. The van der Waals surface area contributed by atoms with Gasteiger partial charge in [0.1, 0.15) is 11.9 Å². The van der Waals surface area contributed by atoms with E-state index in [1.165, 1.54) is 0 Å². The maximum Gasteiger partial charge on any atom is 0.120 e. The van der Waals surface area contributed by atoms with Crippen molar-refractivity contribution in [2.24, 2.45) is 0 Å². The van der Waals surface area contributed by atoms with E-state index in [1.807, 2.05) is 19.1 Å². The highest BCUT2D eigenvalue weighted by molar-refractivity contribution is 9.10. The van der Waals surface area contributed by atoms with Crippen LogP contribution in [0.3, 0.4) is 0 Å². The molecule has 2 nitrogen and oxygen atoms in total. The fraction of sp³-hybridized carbons (Fsp3) is 0.200. The molecular weight excluding hydrogens is 363 g/mol. The normalized spacial score (nSPS) is 12.2. The molecular formula is C15H13BrCl2O2. The number of halogens is 3. The minimum absolute atomic E-state index is 0.475. The number of hydrogen-bond donors (Lipinski definition) is 1. The highest BCUT2D eigenvalue weighted by atomic mass is 79.9. The van der Waals surface area contributed by atoms with E-state index in [4.69, 9.17) is 27.9 Å². The minimum Gasteiger partial charge on any atom is -0.494 e. The maximum atomic E-state index is 10.5. The molecule has 0 saturated heterocycles. The SMILES string of the molecule is CCOc1ccc(C(O)c2cc(Cl)ccc2Cl)c(Br)c1. The van der Waals surface area contributed by atoms with Crippen molar-refractivity contribution in [3.63, 3.8) is 0 Å². The Morgan fingerprint density at radius 1 is 1.15 bits per heavy atom. The Bertz CT molecular complexity index is 617. The van der Waals surface area contributed by atoms with Crippen molar-refractivity contribution in [1.29, 1.82) is 0 Å². The van der Waals surface area contributed by atoms with Crippen molar-refractivity contribution in [3.8, 4) is 5.75 Å². The van der Waals surface area contributed by atoms with Gasteiger partial charge in [-0.1, -0.05) is 45.2 Å². The van der Waals surface area contributed by atoms with E-state index in [2.05, 4.69) is 15.9 Å². The fourth-order valence-electron chi connectivity index (χ4n) is 1.88. The van der Waals surface area contributed by atoms with Gasteiger partial charge in [0.25, 0.3) is 0 Å².